The van der Waals surface area contributed by atoms with Crippen LogP contribution in [0, 0.1) is 13.8 Å². The molecule has 8 heteroatoms. The first kappa shape index (κ1) is 23.0. The van der Waals surface area contributed by atoms with E-state index in [9.17, 15) is 18.0 Å². The maximum atomic E-state index is 12.9. The Morgan fingerprint density at radius 2 is 1.77 bits per heavy atom. The molecular weight excluding hydrogens is 414 g/mol. The van der Waals surface area contributed by atoms with Crippen LogP contribution >= 0.6 is 0 Å². The molecule has 1 aliphatic heterocycles. The van der Waals surface area contributed by atoms with Crippen LogP contribution in [0.15, 0.2) is 47.4 Å². The molecule has 166 valence electrons. The average molecular weight is 444 g/mol. The Balaban J connectivity index is 1.60. The third-order valence-electron chi connectivity index (χ3n) is 5.75. The van der Waals surface area contributed by atoms with E-state index in [1.54, 1.807) is 0 Å². The van der Waals surface area contributed by atoms with Crippen molar-refractivity contribution >= 4 is 27.5 Å². The number of benzene rings is 2. The van der Waals surface area contributed by atoms with Crippen LogP contribution in [-0.2, 0) is 14.8 Å². The number of nitrogens with zero attached hydrogens (tertiary/aromatic N) is 1. The van der Waals surface area contributed by atoms with E-state index in [1.807, 2.05) is 39.0 Å². The SMILES string of the molecule is Cc1cccc(NC(=O)CNC(=O)c2ccc(S(=O)(=O)N3CCCCC3C)cc2)c1C. The van der Waals surface area contributed by atoms with Crippen LogP contribution in [-0.4, -0.2) is 43.7 Å². The minimum absolute atomic E-state index is 0.0303. The third-order valence-corrected chi connectivity index (χ3v) is 7.78. The number of rotatable bonds is 6. The predicted molar refractivity (Wildman–Crippen MR) is 121 cm³/mol. The second-order valence-corrected chi connectivity index (χ2v) is 9.85. The first-order valence-electron chi connectivity index (χ1n) is 10.5. The number of sulfonamides is 1. The minimum Gasteiger partial charge on any atom is -0.343 e. The Bertz CT molecular complexity index is 1060. The highest BCUT2D eigenvalue weighted by atomic mass is 32.2. The molecule has 0 spiro atoms. The van der Waals surface area contributed by atoms with E-state index < -0.39 is 15.9 Å². The summed E-state index contributed by atoms with van der Waals surface area (Å²) < 4.78 is 27.3. The smallest absolute Gasteiger partial charge is 0.251 e. The molecule has 7 nitrogen and oxygen atoms in total. The largest absolute Gasteiger partial charge is 0.343 e. The Hall–Kier alpha value is -2.71. The van der Waals surface area contributed by atoms with Gasteiger partial charge in [-0.05, 0) is 75.1 Å². The zero-order valence-corrected chi connectivity index (χ0v) is 19.0. The molecule has 0 aromatic heterocycles. The van der Waals surface area contributed by atoms with Crippen LogP contribution in [0.3, 0.4) is 0 Å². The summed E-state index contributed by atoms with van der Waals surface area (Å²) in [7, 11) is -3.58. The van der Waals surface area contributed by atoms with Crippen molar-refractivity contribution in [1.29, 1.82) is 0 Å². The number of nitrogens with one attached hydrogen (secondary N) is 2. The van der Waals surface area contributed by atoms with Crippen LogP contribution < -0.4 is 10.6 Å². The quantitative estimate of drug-likeness (QED) is 0.716. The molecule has 2 aromatic rings. The fraction of sp³-hybridized carbons (Fsp3) is 0.391. The van der Waals surface area contributed by atoms with Gasteiger partial charge in [-0.1, -0.05) is 18.6 Å². The topological polar surface area (TPSA) is 95.6 Å². The Kier molecular flexibility index (Phi) is 7.12. The van der Waals surface area contributed by atoms with E-state index in [-0.39, 0.29) is 23.4 Å². The van der Waals surface area contributed by atoms with Crippen LogP contribution in [0.5, 0.6) is 0 Å². The molecule has 2 amide bonds. The maximum absolute atomic E-state index is 12.9. The molecule has 3 rings (SSSR count). The summed E-state index contributed by atoms with van der Waals surface area (Å²) >= 11 is 0. The van der Waals surface area contributed by atoms with Crippen molar-refractivity contribution < 1.29 is 18.0 Å². The summed E-state index contributed by atoms with van der Waals surface area (Å²) in [6, 6.07) is 11.4. The molecular formula is C23H29N3O4S. The molecule has 1 saturated heterocycles. The third kappa shape index (κ3) is 5.32. The van der Waals surface area contributed by atoms with E-state index in [2.05, 4.69) is 10.6 Å². The van der Waals surface area contributed by atoms with Gasteiger partial charge in [-0.2, -0.15) is 4.31 Å². The number of aryl methyl sites for hydroxylation is 1. The lowest BCUT2D eigenvalue weighted by atomic mass is 10.1. The zero-order valence-electron chi connectivity index (χ0n) is 18.1. The van der Waals surface area contributed by atoms with Gasteiger partial charge in [0, 0.05) is 23.8 Å². The fourth-order valence-corrected chi connectivity index (χ4v) is 5.39. The summed E-state index contributed by atoms with van der Waals surface area (Å²) in [6.45, 7) is 6.13. The lowest BCUT2D eigenvalue weighted by Crippen LogP contribution is -2.41. The number of anilines is 1. The van der Waals surface area contributed by atoms with Gasteiger partial charge in [-0.15, -0.1) is 0 Å². The molecule has 1 heterocycles. The van der Waals surface area contributed by atoms with E-state index in [0.29, 0.717) is 17.8 Å². The number of amides is 2. The fourth-order valence-electron chi connectivity index (χ4n) is 3.69. The normalized spacial score (nSPS) is 17.2. The molecule has 2 N–H and O–H groups in total. The van der Waals surface area contributed by atoms with E-state index in [4.69, 9.17) is 0 Å². The second kappa shape index (κ2) is 9.62. The molecule has 1 aliphatic rings. The molecule has 0 bridgehead atoms. The summed E-state index contributed by atoms with van der Waals surface area (Å²) in [5.74, 6) is -0.772. The monoisotopic (exact) mass is 443 g/mol. The molecule has 0 radical (unpaired) electrons. The maximum Gasteiger partial charge on any atom is 0.251 e. The number of carbonyl (C=O) groups is 2. The minimum atomic E-state index is -3.58. The van der Waals surface area contributed by atoms with Gasteiger partial charge in [0.1, 0.15) is 0 Å². The van der Waals surface area contributed by atoms with Gasteiger partial charge in [-0.25, -0.2) is 8.42 Å². The van der Waals surface area contributed by atoms with Gasteiger partial charge >= 0.3 is 0 Å². The van der Waals surface area contributed by atoms with E-state index in [1.165, 1.54) is 28.6 Å². The van der Waals surface area contributed by atoms with Gasteiger partial charge in [0.25, 0.3) is 5.91 Å². The number of carbonyl (C=O) groups excluding carboxylic acids is 2. The lowest BCUT2D eigenvalue weighted by molar-refractivity contribution is -0.115. The Labute approximate surface area is 183 Å². The highest BCUT2D eigenvalue weighted by molar-refractivity contribution is 7.89. The highest BCUT2D eigenvalue weighted by Gasteiger charge is 2.30. The van der Waals surface area contributed by atoms with Crippen molar-refractivity contribution in [1.82, 2.24) is 9.62 Å². The summed E-state index contributed by atoms with van der Waals surface area (Å²) in [5, 5.41) is 5.36. The van der Waals surface area contributed by atoms with Gasteiger partial charge in [0.2, 0.25) is 15.9 Å². The molecule has 1 atom stereocenters. The number of hydrogen-bond donors (Lipinski definition) is 2. The Morgan fingerprint density at radius 1 is 1.06 bits per heavy atom. The first-order chi connectivity index (χ1) is 14.7. The van der Waals surface area contributed by atoms with Gasteiger partial charge in [-0.3, -0.25) is 9.59 Å². The second-order valence-electron chi connectivity index (χ2n) is 7.96. The van der Waals surface area contributed by atoms with Crippen molar-refractivity contribution in [2.75, 3.05) is 18.4 Å². The molecule has 2 aromatic carbocycles. The summed E-state index contributed by atoms with van der Waals surface area (Å²) in [4.78, 5) is 24.8. The standard InChI is InChI=1S/C23H29N3O4S/c1-16-7-6-9-21(18(16)3)25-22(27)15-24-23(28)19-10-12-20(13-11-19)31(29,30)26-14-5-4-8-17(26)2/h6-7,9-13,17H,4-5,8,14-15H2,1-3H3,(H,24,28)(H,25,27). The van der Waals surface area contributed by atoms with Crippen molar-refractivity contribution in [3.05, 3.63) is 59.2 Å². The summed E-state index contributed by atoms with van der Waals surface area (Å²) in [6.07, 6.45) is 2.74. The van der Waals surface area contributed by atoms with Crippen LogP contribution in [0.25, 0.3) is 0 Å². The zero-order chi connectivity index (χ0) is 22.6. The van der Waals surface area contributed by atoms with E-state index in [0.717, 1.165) is 30.4 Å². The van der Waals surface area contributed by atoms with Crippen LogP contribution in [0.1, 0.15) is 47.7 Å². The van der Waals surface area contributed by atoms with Gasteiger partial charge < -0.3 is 10.6 Å². The van der Waals surface area contributed by atoms with Crippen LogP contribution in [0.4, 0.5) is 5.69 Å². The summed E-state index contributed by atoms with van der Waals surface area (Å²) in [5.41, 5.74) is 3.05. The molecule has 0 saturated carbocycles. The molecule has 0 aliphatic carbocycles. The predicted octanol–water partition coefficient (Wildman–Crippen LogP) is 3.24. The highest BCUT2D eigenvalue weighted by Crippen LogP contribution is 2.25. The van der Waals surface area contributed by atoms with E-state index >= 15 is 0 Å². The lowest BCUT2D eigenvalue weighted by Gasteiger charge is -2.32. The molecule has 31 heavy (non-hydrogen) atoms. The van der Waals surface area contributed by atoms with Crippen molar-refractivity contribution in [2.45, 2.75) is 51.0 Å². The van der Waals surface area contributed by atoms with Gasteiger partial charge in [0.15, 0.2) is 0 Å². The van der Waals surface area contributed by atoms with Gasteiger partial charge in [0.05, 0.1) is 11.4 Å². The number of hydrogen-bond acceptors (Lipinski definition) is 4. The Morgan fingerprint density at radius 3 is 2.45 bits per heavy atom. The number of piperidine rings is 1. The average Bonchev–Trinajstić information content (AvgIpc) is 2.75. The van der Waals surface area contributed by atoms with Crippen molar-refractivity contribution in [2.24, 2.45) is 0 Å². The van der Waals surface area contributed by atoms with Crippen molar-refractivity contribution in [3.8, 4) is 0 Å². The first-order valence-corrected chi connectivity index (χ1v) is 11.9. The molecule has 1 unspecified atom stereocenters. The van der Waals surface area contributed by atoms with Crippen LogP contribution in [0.2, 0.25) is 0 Å². The molecule has 1 fully saturated rings. The van der Waals surface area contributed by atoms with Crippen molar-refractivity contribution in [3.63, 3.8) is 0 Å².